The number of ether oxygens (including phenoxy) is 2. The van der Waals surface area contributed by atoms with Gasteiger partial charge in [-0.25, -0.2) is 0 Å². The van der Waals surface area contributed by atoms with Gasteiger partial charge in [-0.1, -0.05) is 6.07 Å². The monoisotopic (exact) mass is 235 g/mol. The number of nitrogens with one attached hydrogen (secondary N) is 1. The Morgan fingerprint density at radius 2 is 2.12 bits per heavy atom. The van der Waals surface area contributed by atoms with Gasteiger partial charge in [0.2, 0.25) is 0 Å². The zero-order valence-electron chi connectivity index (χ0n) is 10.9. The Morgan fingerprint density at radius 1 is 1.29 bits per heavy atom. The fourth-order valence-corrected chi connectivity index (χ4v) is 2.57. The lowest BCUT2D eigenvalue weighted by Gasteiger charge is -2.18. The van der Waals surface area contributed by atoms with Crippen molar-refractivity contribution in [1.29, 1.82) is 0 Å². The summed E-state index contributed by atoms with van der Waals surface area (Å²) in [4.78, 5) is 0. The molecule has 1 aliphatic rings. The van der Waals surface area contributed by atoms with Crippen LogP contribution in [0.15, 0.2) is 12.1 Å². The Bertz CT molecular complexity index is 384. The highest BCUT2D eigenvalue weighted by molar-refractivity contribution is 5.50. The first-order chi connectivity index (χ1) is 8.26. The molecule has 17 heavy (non-hydrogen) atoms. The first kappa shape index (κ1) is 12.2. The maximum absolute atomic E-state index is 5.52. The van der Waals surface area contributed by atoms with Gasteiger partial charge in [-0.15, -0.1) is 0 Å². The van der Waals surface area contributed by atoms with E-state index in [-0.39, 0.29) is 0 Å². The minimum Gasteiger partial charge on any atom is -0.496 e. The van der Waals surface area contributed by atoms with E-state index in [4.69, 9.17) is 9.47 Å². The highest BCUT2D eigenvalue weighted by Gasteiger charge is 2.20. The Morgan fingerprint density at radius 3 is 2.71 bits per heavy atom. The van der Waals surface area contributed by atoms with Crippen molar-refractivity contribution < 1.29 is 9.47 Å². The Kier molecular flexibility index (Phi) is 3.89. The highest BCUT2D eigenvalue weighted by atomic mass is 16.5. The summed E-state index contributed by atoms with van der Waals surface area (Å²) in [7, 11) is 3.45. The van der Waals surface area contributed by atoms with Gasteiger partial charge < -0.3 is 14.8 Å². The quantitative estimate of drug-likeness (QED) is 0.868. The molecule has 1 aromatic carbocycles. The number of methoxy groups -OCH3 is 2. The molecule has 0 aromatic heterocycles. The van der Waals surface area contributed by atoms with Crippen LogP contribution >= 0.6 is 0 Å². The molecule has 1 N–H and O–H groups in total. The molecule has 1 fully saturated rings. The SMILES string of the molecule is COc1ccc(C)c(OC)c1CC1CCCN1. The third kappa shape index (κ3) is 2.55. The van der Waals surface area contributed by atoms with E-state index in [1.807, 2.05) is 12.1 Å². The largest absolute Gasteiger partial charge is 0.496 e. The van der Waals surface area contributed by atoms with Crippen molar-refractivity contribution in [3.8, 4) is 11.5 Å². The van der Waals surface area contributed by atoms with Crippen LogP contribution in [0, 0.1) is 6.92 Å². The van der Waals surface area contributed by atoms with Gasteiger partial charge in [0.25, 0.3) is 0 Å². The van der Waals surface area contributed by atoms with Crippen molar-refractivity contribution >= 4 is 0 Å². The summed E-state index contributed by atoms with van der Waals surface area (Å²) >= 11 is 0. The summed E-state index contributed by atoms with van der Waals surface area (Å²) in [6.07, 6.45) is 3.48. The second-order valence-corrected chi connectivity index (χ2v) is 4.59. The number of hydrogen-bond acceptors (Lipinski definition) is 3. The molecule has 0 radical (unpaired) electrons. The van der Waals surface area contributed by atoms with E-state index in [1.54, 1.807) is 14.2 Å². The highest BCUT2D eigenvalue weighted by Crippen LogP contribution is 2.33. The van der Waals surface area contributed by atoms with E-state index < -0.39 is 0 Å². The molecule has 3 heteroatoms. The van der Waals surface area contributed by atoms with Crippen molar-refractivity contribution in [3.05, 3.63) is 23.3 Å². The zero-order valence-corrected chi connectivity index (χ0v) is 10.9. The van der Waals surface area contributed by atoms with Gasteiger partial charge in [0.15, 0.2) is 0 Å². The summed E-state index contributed by atoms with van der Waals surface area (Å²) in [6.45, 7) is 3.20. The molecule has 1 heterocycles. The van der Waals surface area contributed by atoms with E-state index in [1.165, 1.54) is 24.0 Å². The van der Waals surface area contributed by atoms with E-state index in [2.05, 4.69) is 12.2 Å². The van der Waals surface area contributed by atoms with Crippen molar-refractivity contribution in [3.63, 3.8) is 0 Å². The van der Waals surface area contributed by atoms with E-state index in [0.29, 0.717) is 6.04 Å². The van der Waals surface area contributed by atoms with E-state index in [0.717, 1.165) is 24.5 Å². The van der Waals surface area contributed by atoms with Crippen LogP contribution in [-0.2, 0) is 6.42 Å². The molecule has 0 saturated carbocycles. The van der Waals surface area contributed by atoms with Crippen LogP contribution in [-0.4, -0.2) is 26.8 Å². The average molecular weight is 235 g/mol. The van der Waals surface area contributed by atoms with Crippen molar-refractivity contribution in [2.75, 3.05) is 20.8 Å². The maximum Gasteiger partial charge on any atom is 0.128 e. The van der Waals surface area contributed by atoms with Gasteiger partial charge in [0, 0.05) is 11.6 Å². The van der Waals surface area contributed by atoms with Gasteiger partial charge in [0.05, 0.1) is 14.2 Å². The molecule has 1 atom stereocenters. The van der Waals surface area contributed by atoms with Crippen LogP contribution in [0.5, 0.6) is 11.5 Å². The standard InChI is InChI=1S/C14H21NO2/c1-10-6-7-13(16-2)12(14(10)17-3)9-11-5-4-8-15-11/h6-7,11,15H,4-5,8-9H2,1-3H3. The second-order valence-electron chi connectivity index (χ2n) is 4.59. The normalized spacial score (nSPS) is 19.4. The van der Waals surface area contributed by atoms with Crippen LogP contribution in [0.25, 0.3) is 0 Å². The topological polar surface area (TPSA) is 30.5 Å². The minimum absolute atomic E-state index is 0.555. The lowest BCUT2D eigenvalue weighted by Crippen LogP contribution is -2.24. The average Bonchev–Trinajstić information content (AvgIpc) is 2.83. The van der Waals surface area contributed by atoms with Gasteiger partial charge >= 0.3 is 0 Å². The first-order valence-electron chi connectivity index (χ1n) is 6.20. The van der Waals surface area contributed by atoms with Gasteiger partial charge in [-0.05, 0) is 44.4 Å². The number of benzene rings is 1. The summed E-state index contributed by atoms with van der Waals surface area (Å²) < 4.78 is 11.0. The number of hydrogen-bond donors (Lipinski definition) is 1. The molecular formula is C14H21NO2. The van der Waals surface area contributed by atoms with Crippen LogP contribution in [0.3, 0.4) is 0 Å². The van der Waals surface area contributed by atoms with Crippen LogP contribution in [0.4, 0.5) is 0 Å². The fourth-order valence-electron chi connectivity index (χ4n) is 2.57. The van der Waals surface area contributed by atoms with Gasteiger partial charge in [-0.2, -0.15) is 0 Å². The molecule has 0 aliphatic carbocycles. The molecule has 1 aliphatic heterocycles. The van der Waals surface area contributed by atoms with Gasteiger partial charge in [-0.3, -0.25) is 0 Å². The summed E-state index contributed by atoms with van der Waals surface area (Å²) in [5.41, 5.74) is 2.36. The molecule has 0 amide bonds. The summed E-state index contributed by atoms with van der Waals surface area (Å²) in [6, 6.07) is 4.63. The molecule has 1 saturated heterocycles. The maximum atomic E-state index is 5.52. The molecule has 94 valence electrons. The fraction of sp³-hybridized carbons (Fsp3) is 0.571. The third-order valence-corrected chi connectivity index (χ3v) is 3.45. The molecule has 3 nitrogen and oxygen atoms in total. The third-order valence-electron chi connectivity index (χ3n) is 3.45. The smallest absolute Gasteiger partial charge is 0.128 e. The molecule has 2 rings (SSSR count). The van der Waals surface area contributed by atoms with Crippen molar-refractivity contribution in [1.82, 2.24) is 5.32 Å². The molecule has 1 aromatic rings. The Balaban J connectivity index is 2.30. The van der Waals surface area contributed by atoms with Crippen LogP contribution in [0.1, 0.15) is 24.0 Å². The van der Waals surface area contributed by atoms with Crippen molar-refractivity contribution in [2.24, 2.45) is 0 Å². The van der Waals surface area contributed by atoms with Crippen LogP contribution < -0.4 is 14.8 Å². The lowest BCUT2D eigenvalue weighted by atomic mass is 10.00. The summed E-state index contributed by atoms with van der Waals surface area (Å²) in [5.74, 6) is 1.90. The van der Waals surface area contributed by atoms with Crippen LogP contribution in [0.2, 0.25) is 0 Å². The first-order valence-corrected chi connectivity index (χ1v) is 6.20. The molecule has 1 unspecified atom stereocenters. The minimum atomic E-state index is 0.555. The van der Waals surface area contributed by atoms with E-state index >= 15 is 0 Å². The molecule has 0 spiro atoms. The molecule has 0 bridgehead atoms. The van der Waals surface area contributed by atoms with E-state index in [9.17, 15) is 0 Å². The number of aryl methyl sites for hydroxylation is 1. The zero-order chi connectivity index (χ0) is 12.3. The lowest BCUT2D eigenvalue weighted by molar-refractivity contribution is 0.379. The van der Waals surface area contributed by atoms with Gasteiger partial charge in [0.1, 0.15) is 11.5 Å². The molecular weight excluding hydrogens is 214 g/mol. The predicted octanol–water partition coefficient (Wildman–Crippen LogP) is 2.31. The van der Waals surface area contributed by atoms with Crippen molar-refractivity contribution in [2.45, 2.75) is 32.2 Å². The number of rotatable bonds is 4. The Labute approximate surface area is 103 Å². The predicted molar refractivity (Wildman–Crippen MR) is 69.0 cm³/mol. The Hall–Kier alpha value is -1.22. The second kappa shape index (κ2) is 5.41. The summed E-state index contributed by atoms with van der Waals surface area (Å²) in [5, 5.41) is 3.52.